The number of fused-ring (bicyclic) bond motifs is 1. The van der Waals surface area contributed by atoms with Crippen LogP contribution in [0, 0.1) is 5.41 Å². The number of imide groups is 1. The van der Waals surface area contributed by atoms with Gasteiger partial charge in [-0.05, 0) is 67.8 Å². The number of nitrogens with zero attached hydrogens (tertiary/aromatic N) is 2. The smallest absolute Gasteiger partial charge is 0.255 e. The highest BCUT2D eigenvalue weighted by Gasteiger charge is 2.46. The van der Waals surface area contributed by atoms with Crippen LogP contribution in [0.4, 0.5) is 0 Å². The Morgan fingerprint density at radius 1 is 1.10 bits per heavy atom. The molecule has 1 spiro atoms. The quantitative estimate of drug-likeness (QED) is 0.748. The third-order valence-electron chi connectivity index (χ3n) is 7.59. The SMILES string of the molecule is NC1CCC12CCN(Cc1ccc3c(c1)C(=O)N(C1CCC(=O)NC1=O)C3)CC2. The minimum atomic E-state index is -0.555. The molecule has 154 valence electrons. The van der Waals surface area contributed by atoms with Crippen molar-refractivity contribution in [2.24, 2.45) is 11.1 Å². The summed E-state index contributed by atoms with van der Waals surface area (Å²) in [4.78, 5) is 40.6. The molecule has 1 aromatic carbocycles. The van der Waals surface area contributed by atoms with Gasteiger partial charge in [0.25, 0.3) is 5.91 Å². The molecule has 0 radical (unpaired) electrons. The highest BCUT2D eigenvalue weighted by molar-refractivity contribution is 6.05. The summed E-state index contributed by atoms with van der Waals surface area (Å²) in [6.07, 6.45) is 5.45. The van der Waals surface area contributed by atoms with Gasteiger partial charge < -0.3 is 10.6 Å². The average Bonchev–Trinajstić information content (AvgIpc) is 3.03. The fraction of sp³-hybridized carbons (Fsp3) is 0.591. The second kappa shape index (κ2) is 6.92. The normalized spacial score (nSPS) is 29.0. The lowest BCUT2D eigenvalue weighted by atomic mass is 9.60. The van der Waals surface area contributed by atoms with Gasteiger partial charge in [0.15, 0.2) is 0 Å². The van der Waals surface area contributed by atoms with Gasteiger partial charge in [-0.25, -0.2) is 0 Å². The van der Waals surface area contributed by atoms with Gasteiger partial charge >= 0.3 is 0 Å². The lowest BCUT2D eigenvalue weighted by Crippen LogP contribution is -2.55. The number of likely N-dealkylation sites (tertiary alicyclic amines) is 1. The molecule has 3 N–H and O–H groups in total. The van der Waals surface area contributed by atoms with Crippen LogP contribution < -0.4 is 11.1 Å². The van der Waals surface area contributed by atoms with Gasteiger partial charge in [-0.3, -0.25) is 24.6 Å². The van der Waals surface area contributed by atoms with Crippen molar-refractivity contribution in [1.82, 2.24) is 15.1 Å². The van der Waals surface area contributed by atoms with Crippen molar-refractivity contribution in [1.29, 1.82) is 0 Å². The van der Waals surface area contributed by atoms with E-state index in [2.05, 4.69) is 16.3 Å². The maximum Gasteiger partial charge on any atom is 0.255 e. The Balaban J connectivity index is 1.25. The van der Waals surface area contributed by atoms with E-state index in [9.17, 15) is 14.4 Å². The first kappa shape index (κ1) is 18.8. The summed E-state index contributed by atoms with van der Waals surface area (Å²) in [5.74, 6) is -0.725. The fourth-order valence-corrected chi connectivity index (χ4v) is 5.45. The maximum atomic E-state index is 13.0. The topological polar surface area (TPSA) is 95.7 Å². The van der Waals surface area contributed by atoms with Crippen LogP contribution in [-0.4, -0.2) is 52.7 Å². The van der Waals surface area contributed by atoms with Gasteiger partial charge in [-0.1, -0.05) is 12.1 Å². The maximum absolute atomic E-state index is 13.0. The third-order valence-corrected chi connectivity index (χ3v) is 7.59. The van der Waals surface area contributed by atoms with Crippen molar-refractivity contribution < 1.29 is 14.4 Å². The molecule has 1 aromatic rings. The predicted molar refractivity (Wildman–Crippen MR) is 107 cm³/mol. The summed E-state index contributed by atoms with van der Waals surface area (Å²) in [6, 6.07) is 5.92. The van der Waals surface area contributed by atoms with E-state index in [4.69, 9.17) is 5.73 Å². The van der Waals surface area contributed by atoms with Crippen molar-refractivity contribution >= 4 is 17.7 Å². The number of nitrogens with one attached hydrogen (secondary N) is 1. The number of rotatable bonds is 3. The van der Waals surface area contributed by atoms with E-state index in [0.29, 0.717) is 30.0 Å². The summed E-state index contributed by atoms with van der Waals surface area (Å²) in [5, 5.41) is 2.35. The molecular formula is C22H28N4O3. The number of amides is 3. The minimum Gasteiger partial charge on any atom is -0.327 e. The number of hydrogen-bond donors (Lipinski definition) is 2. The number of carbonyl (C=O) groups is 3. The van der Waals surface area contributed by atoms with Crippen LogP contribution in [0.15, 0.2) is 18.2 Å². The van der Waals surface area contributed by atoms with E-state index in [1.807, 2.05) is 12.1 Å². The van der Waals surface area contributed by atoms with Gasteiger partial charge in [0, 0.05) is 31.1 Å². The van der Waals surface area contributed by atoms with Crippen molar-refractivity contribution in [2.75, 3.05) is 13.1 Å². The predicted octanol–water partition coefficient (Wildman–Crippen LogP) is 1.15. The van der Waals surface area contributed by atoms with Gasteiger partial charge in [-0.2, -0.15) is 0 Å². The molecule has 2 atom stereocenters. The first-order valence-electron chi connectivity index (χ1n) is 10.7. The molecule has 5 rings (SSSR count). The first-order chi connectivity index (χ1) is 13.9. The zero-order valence-electron chi connectivity index (χ0n) is 16.7. The summed E-state index contributed by atoms with van der Waals surface area (Å²) in [7, 11) is 0. The lowest BCUT2D eigenvalue weighted by molar-refractivity contribution is -0.136. The van der Waals surface area contributed by atoms with Crippen LogP contribution in [0.2, 0.25) is 0 Å². The van der Waals surface area contributed by atoms with Gasteiger partial charge in [-0.15, -0.1) is 0 Å². The zero-order valence-corrected chi connectivity index (χ0v) is 16.7. The molecule has 4 aliphatic rings. The average molecular weight is 396 g/mol. The summed E-state index contributed by atoms with van der Waals surface area (Å²) >= 11 is 0. The number of hydrogen-bond acceptors (Lipinski definition) is 5. The molecule has 7 nitrogen and oxygen atoms in total. The Bertz CT molecular complexity index is 875. The molecule has 2 saturated heterocycles. The van der Waals surface area contributed by atoms with Crippen LogP contribution in [0.3, 0.4) is 0 Å². The van der Waals surface area contributed by atoms with Gasteiger partial charge in [0.1, 0.15) is 6.04 Å². The van der Waals surface area contributed by atoms with Gasteiger partial charge in [0.05, 0.1) is 0 Å². The highest BCUT2D eigenvalue weighted by Crippen LogP contribution is 2.48. The van der Waals surface area contributed by atoms with Crippen LogP contribution >= 0.6 is 0 Å². The Morgan fingerprint density at radius 3 is 2.55 bits per heavy atom. The first-order valence-corrected chi connectivity index (χ1v) is 10.7. The minimum absolute atomic E-state index is 0.102. The van der Waals surface area contributed by atoms with Crippen molar-refractivity contribution in [3.05, 3.63) is 34.9 Å². The monoisotopic (exact) mass is 396 g/mol. The molecule has 29 heavy (non-hydrogen) atoms. The molecule has 0 bridgehead atoms. The highest BCUT2D eigenvalue weighted by atomic mass is 16.2. The Hall–Kier alpha value is -2.25. The molecule has 3 amide bonds. The molecule has 1 aliphatic carbocycles. The number of benzene rings is 1. The third kappa shape index (κ3) is 3.16. The Labute approximate surface area is 170 Å². The van der Waals surface area contributed by atoms with E-state index in [0.717, 1.165) is 37.2 Å². The second-order valence-corrected chi connectivity index (χ2v) is 9.18. The molecule has 3 fully saturated rings. The molecule has 1 saturated carbocycles. The Kier molecular flexibility index (Phi) is 4.47. The van der Waals surface area contributed by atoms with E-state index in [1.54, 1.807) is 4.90 Å². The molecule has 7 heteroatoms. The van der Waals surface area contributed by atoms with E-state index < -0.39 is 6.04 Å². The molecule has 2 unspecified atom stereocenters. The lowest BCUT2D eigenvalue weighted by Gasteiger charge is -2.52. The summed E-state index contributed by atoms with van der Waals surface area (Å²) < 4.78 is 0. The second-order valence-electron chi connectivity index (χ2n) is 9.18. The number of carbonyl (C=O) groups excluding carboxylic acids is 3. The van der Waals surface area contributed by atoms with Crippen molar-refractivity contribution in [3.63, 3.8) is 0 Å². The van der Waals surface area contributed by atoms with E-state index in [1.165, 1.54) is 19.3 Å². The fourth-order valence-electron chi connectivity index (χ4n) is 5.45. The largest absolute Gasteiger partial charge is 0.327 e. The summed E-state index contributed by atoms with van der Waals surface area (Å²) in [6.45, 7) is 3.39. The van der Waals surface area contributed by atoms with Crippen molar-refractivity contribution in [3.8, 4) is 0 Å². The van der Waals surface area contributed by atoms with Crippen LogP contribution in [-0.2, 0) is 22.7 Å². The number of nitrogens with two attached hydrogens (primary N) is 1. The molecule has 3 heterocycles. The molecular weight excluding hydrogens is 368 g/mol. The standard InChI is InChI=1S/C22H28N4O3/c23-18-5-6-22(18)7-9-25(10-8-22)12-14-1-2-15-13-26(21(29)16(15)11-14)17-3-4-19(27)24-20(17)28/h1-2,11,17-18H,3-10,12-13,23H2,(H,24,27,28). The van der Waals surface area contributed by atoms with E-state index in [-0.39, 0.29) is 24.1 Å². The van der Waals surface area contributed by atoms with Crippen LogP contribution in [0.1, 0.15) is 60.0 Å². The Morgan fingerprint density at radius 2 is 1.90 bits per heavy atom. The number of piperidine rings is 2. The van der Waals surface area contributed by atoms with Gasteiger partial charge in [0.2, 0.25) is 11.8 Å². The summed E-state index contributed by atoms with van der Waals surface area (Å²) in [5.41, 5.74) is 9.42. The zero-order chi connectivity index (χ0) is 20.2. The van der Waals surface area contributed by atoms with Crippen LogP contribution in [0.25, 0.3) is 0 Å². The van der Waals surface area contributed by atoms with E-state index >= 15 is 0 Å². The van der Waals surface area contributed by atoms with Crippen molar-refractivity contribution in [2.45, 2.75) is 63.7 Å². The molecule has 0 aromatic heterocycles. The molecule has 3 aliphatic heterocycles. The van der Waals surface area contributed by atoms with Crippen LogP contribution in [0.5, 0.6) is 0 Å².